The highest BCUT2D eigenvalue weighted by molar-refractivity contribution is 5.34. The first-order chi connectivity index (χ1) is 14.3. The Hall–Kier alpha value is -1.88. The second kappa shape index (κ2) is 10.9. The van der Waals surface area contributed by atoms with Crippen LogP contribution in [0.3, 0.4) is 0 Å². The van der Waals surface area contributed by atoms with Crippen LogP contribution in [0.1, 0.15) is 82.1 Å². The maximum Gasteiger partial charge on any atom is 0.120 e. The monoisotopic (exact) mass is 414 g/mol. The Labute approximate surface area is 181 Å². The van der Waals surface area contributed by atoms with Crippen LogP contribution in [0.5, 0.6) is 5.75 Å². The summed E-state index contributed by atoms with van der Waals surface area (Å²) in [5, 5.41) is 29.3. The van der Waals surface area contributed by atoms with Gasteiger partial charge < -0.3 is 20.1 Å². The highest BCUT2D eigenvalue weighted by Crippen LogP contribution is 2.33. The maximum atomic E-state index is 10.5. The van der Waals surface area contributed by atoms with Crippen molar-refractivity contribution in [2.45, 2.75) is 90.6 Å². The van der Waals surface area contributed by atoms with Crippen molar-refractivity contribution in [3.05, 3.63) is 64.7 Å². The number of benzene rings is 2. The van der Waals surface area contributed by atoms with Gasteiger partial charge in [0, 0.05) is 0 Å². The van der Waals surface area contributed by atoms with Crippen molar-refractivity contribution >= 4 is 0 Å². The summed E-state index contributed by atoms with van der Waals surface area (Å²) in [6, 6.07) is 13.8. The molecule has 0 saturated heterocycles. The lowest BCUT2D eigenvalue weighted by atomic mass is 9.78. The molecule has 2 aromatic rings. The summed E-state index contributed by atoms with van der Waals surface area (Å²) in [5.74, 6) is 0.816. The highest BCUT2D eigenvalue weighted by atomic mass is 16.5. The number of ether oxygens (including phenoxy) is 1. The third-order valence-electron chi connectivity index (χ3n) is 6.39. The van der Waals surface area contributed by atoms with Crippen LogP contribution >= 0.6 is 0 Å². The van der Waals surface area contributed by atoms with E-state index in [2.05, 4.69) is 39.8 Å². The lowest BCUT2D eigenvalue weighted by Gasteiger charge is -2.29. The number of hydrogen-bond donors (Lipinski definition) is 3. The molecular formula is C26H38O4. The SMILES string of the molecule is CCC(O)(CC)CCCC(C)(C)c1cccc(OCc2ccc(CO)c(CO)c2)c1. The Bertz CT molecular complexity index is 793. The second-order valence-corrected chi connectivity index (χ2v) is 8.90. The van der Waals surface area contributed by atoms with Crippen molar-refractivity contribution in [3.8, 4) is 5.75 Å². The summed E-state index contributed by atoms with van der Waals surface area (Å²) in [4.78, 5) is 0. The minimum atomic E-state index is -0.542. The summed E-state index contributed by atoms with van der Waals surface area (Å²) in [6.07, 6.45) is 4.41. The molecule has 0 aliphatic rings. The highest BCUT2D eigenvalue weighted by Gasteiger charge is 2.25. The molecule has 166 valence electrons. The van der Waals surface area contributed by atoms with Crippen LogP contribution in [0.4, 0.5) is 0 Å². The van der Waals surface area contributed by atoms with Crippen molar-refractivity contribution in [1.29, 1.82) is 0 Å². The van der Waals surface area contributed by atoms with Gasteiger partial charge in [-0.25, -0.2) is 0 Å². The number of aliphatic hydroxyl groups is 3. The largest absolute Gasteiger partial charge is 0.489 e. The lowest BCUT2D eigenvalue weighted by Crippen LogP contribution is -2.27. The van der Waals surface area contributed by atoms with Crippen molar-refractivity contribution < 1.29 is 20.1 Å². The zero-order chi connectivity index (χ0) is 22.2. The molecule has 2 aromatic carbocycles. The predicted octanol–water partition coefficient (Wildman–Crippen LogP) is 5.25. The van der Waals surface area contributed by atoms with E-state index in [1.54, 1.807) is 0 Å². The molecule has 4 heteroatoms. The van der Waals surface area contributed by atoms with E-state index in [1.165, 1.54) is 5.56 Å². The van der Waals surface area contributed by atoms with Gasteiger partial charge in [0.15, 0.2) is 0 Å². The summed E-state index contributed by atoms with van der Waals surface area (Å²) in [6.45, 7) is 8.81. The molecule has 0 fully saturated rings. The lowest BCUT2D eigenvalue weighted by molar-refractivity contribution is 0.0200. The fraction of sp³-hybridized carbons (Fsp3) is 0.538. The first kappa shape index (κ1) is 24.4. The van der Waals surface area contributed by atoms with Crippen molar-refractivity contribution in [2.24, 2.45) is 0 Å². The van der Waals surface area contributed by atoms with Gasteiger partial charge in [-0.3, -0.25) is 0 Å². The number of rotatable bonds is 12. The molecule has 2 rings (SSSR count). The van der Waals surface area contributed by atoms with E-state index in [0.717, 1.165) is 54.5 Å². The molecule has 0 atom stereocenters. The molecule has 0 radical (unpaired) electrons. The predicted molar refractivity (Wildman–Crippen MR) is 121 cm³/mol. The third-order valence-corrected chi connectivity index (χ3v) is 6.39. The van der Waals surface area contributed by atoms with E-state index < -0.39 is 5.60 Å². The number of aliphatic hydroxyl groups excluding tert-OH is 2. The van der Waals surface area contributed by atoms with Gasteiger partial charge >= 0.3 is 0 Å². The van der Waals surface area contributed by atoms with Crippen LogP contribution in [0.15, 0.2) is 42.5 Å². The molecule has 0 heterocycles. The molecule has 0 aromatic heterocycles. The normalized spacial score (nSPS) is 12.2. The van der Waals surface area contributed by atoms with Gasteiger partial charge in [-0.05, 0) is 78.0 Å². The van der Waals surface area contributed by atoms with Crippen LogP contribution in [-0.2, 0) is 25.2 Å². The van der Waals surface area contributed by atoms with E-state index in [0.29, 0.717) is 6.61 Å². The molecule has 4 nitrogen and oxygen atoms in total. The van der Waals surface area contributed by atoms with Gasteiger partial charge in [0.2, 0.25) is 0 Å². The third kappa shape index (κ3) is 6.56. The fourth-order valence-corrected chi connectivity index (χ4v) is 3.85. The van der Waals surface area contributed by atoms with Crippen molar-refractivity contribution in [1.82, 2.24) is 0 Å². The first-order valence-corrected chi connectivity index (χ1v) is 11.0. The summed E-state index contributed by atoms with van der Waals surface area (Å²) < 4.78 is 6.01. The molecule has 30 heavy (non-hydrogen) atoms. The Balaban J connectivity index is 2.01. The Morgan fingerprint density at radius 3 is 2.20 bits per heavy atom. The van der Waals surface area contributed by atoms with Crippen LogP contribution in [-0.4, -0.2) is 20.9 Å². The van der Waals surface area contributed by atoms with Crippen LogP contribution < -0.4 is 4.74 Å². The average Bonchev–Trinajstić information content (AvgIpc) is 2.77. The summed E-state index contributed by atoms with van der Waals surface area (Å²) >= 11 is 0. The van der Waals surface area contributed by atoms with E-state index in [9.17, 15) is 15.3 Å². The Morgan fingerprint density at radius 2 is 1.57 bits per heavy atom. The van der Waals surface area contributed by atoms with Gasteiger partial charge in [-0.1, -0.05) is 52.0 Å². The van der Waals surface area contributed by atoms with Gasteiger partial charge in [-0.2, -0.15) is 0 Å². The van der Waals surface area contributed by atoms with E-state index in [-0.39, 0.29) is 18.6 Å². The maximum absolute atomic E-state index is 10.5. The molecule has 0 saturated carbocycles. The summed E-state index contributed by atoms with van der Waals surface area (Å²) in [5.41, 5.74) is 3.10. The minimum Gasteiger partial charge on any atom is -0.489 e. The van der Waals surface area contributed by atoms with Crippen LogP contribution in [0.25, 0.3) is 0 Å². The first-order valence-electron chi connectivity index (χ1n) is 11.0. The topological polar surface area (TPSA) is 69.9 Å². The van der Waals surface area contributed by atoms with Crippen molar-refractivity contribution in [2.75, 3.05) is 0 Å². The molecule has 0 amide bonds. The van der Waals surface area contributed by atoms with Gasteiger partial charge in [-0.15, -0.1) is 0 Å². The van der Waals surface area contributed by atoms with E-state index >= 15 is 0 Å². The molecule has 0 aliphatic carbocycles. The standard InChI is InChI=1S/C26H38O4/c1-5-26(29,6-2)14-8-13-25(3,4)23-9-7-10-24(16-23)30-19-20-11-12-21(17-27)22(15-20)18-28/h7,9-12,15-16,27-29H,5-6,8,13-14,17-19H2,1-4H3. The Kier molecular flexibility index (Phi) is 8.90. The Morgan fingerprint density at radius 1 is 0.867 bits per heavy atom. The molecule has 0 bridgehead atoms. The number of hydrogen-bond acceptors (Lipinski definition) is 4. The van der Waals surface area contributed by atoms with Gasteiger partial charge in [0.1, 0.15) is 12.4 Å². The molecule has 3 N–H and O–H groups in total. The average molecular weight is 415 g/mol. The summed E-state index contributed by atoms with van der Waals surface area (Å²) in [7, 11) is 0. The van der Waals surface area contributed by atoms with Crippen LogP contribution in [0, 0.1) is 0 Å². The van der Waals surface area contributed by atoms with Gasteiger partial charge in [0.05, 0.1) is 18.8 Å². The zero-order valence-electron chi connectivity index (χ0n) is 18.9. The fourth-order valence-electron chi connectivity index (χ4n) is 3.85. The molecule has 0 spiro atoms. The van der Waals surface area contributed by atoms with Crippen molar-refractivity contribution in [3.63, 3.8) is 0 Å². The second-order valence-electron chi connectivity index (χ2n) is 8.90. The van der Waals surface area contributed by atoms with Crippen LogP contribution in [0.2, 0.25) is 0 Å². The minimum absolute atomic E-state index is 0.00536. The van der Waals surface area contributed by atoms with E-state index in [4.69, 9.17) is 4.74 Å². The molecule has 0 aliphatic heterocycles. The molecule has 0 unspecified atom stereocenters. The van der Waals surface area contributed by atoms with E-state index in [1.807, 2.05) is 30.3 Å². The zero-order valence-corrected chi connectivity index (χ0v) is 18.9. The van der Waals surface area contributed by atoms with Gasteiger partial charge in [0.25, 0.3) is 0 Å². The smallest absolute Gasteiger partial charge is 0.120 e. The molecular weight excluding hydrogens is 376 g/mol. The quantitative estimate of drug-likeness (QED) is 0.444.